The highest BCUT2D eigenvalue weighted by Crippen LogP contribution is 2.30. The molecule has 0 saturated carbocycles. The SMILES string of the molecule is CCNc1nc(Nc2cccc(SC)c2)cc(C(F)(F)F)n1. The molecule has 0 fully saturated rings. The topological polar surface area (TPSA) is 49.8 Å². The third kappa shape index (κ3) is 4.27. The van der Waals surface area contributed by atoms with Gasteiger partial charge < -0.3 is 10.6 Å². The molecular weight excluding hydrogens is 313 g/mol. The van der Waals surface area contributed by atoms with Crippen LogP contribution in [0.15, 0.2) is 35.2 Å². The minimum Gasteiger partial charge on any atom is -0.354 e. The van der Waals surface area contributed by atoms with Gasteiger partial charge in [0.2, 0.25) is 5.95 Å². The first kappa shape index (κ1) is 16.4. The average Bonchev–Trinajstić information content (AvgIpc) is 2.46. The normalized spacial score (nSPS) is 11.3. The number of nitrogens with zero attached hydrogens (tertiary/aromatic N) is 2. The Morgan fingerprint density at radius 3 is 2.59 bits per heavy atom. The lowest BCUT2D eigenvalue weighted by Crippen LogP contribution is -2.13. The maximum atomic E-state index is 12.9. The van der Waals surface area contributed by atoms with Crippen LogP contribution in [0.1, 0.15) is 12.6 Å². The van der Waals surface area contributed by atoms with Gasteiger partial charge in [-0.15, -0.1) is 11.8 Å². The maximum Gasteiger partial charge on any atom is 0.433 e. The second-order valence-electron chi connectivity index (χ2n) is 4.35. The van der Waals surface area contributed by atoms with Crippen molar-refractivity contribution < 1.29 is 13.2 Å². The van der Waals surface area contributed by atoms with Gasteiger partial charge in [0.25, 0.3) is 0 Å². The van der Waals surface area contributed by atoms with Gasteiger partial charge in [-0.05, 0) is 31.4 Å². The summed E-state index contributed by atoms with van der Waals surface area (Å²) in [6, 6.07) is 8.24. The highest BCUT2D eigenvalue weighted by Gasteiger charge is 2.33. The molecule has 2 rings (SSSR count). The first-order valence-electron chi connectivity index (χ1n) is 6.53. The lowest BCUT2D eigenvalue weighted by molar-refractivity contribution is -0.141. The monoisotopic (exact) mass is 328 g/mol. The third-order valence-corrected chi connectivity index (χ3v) is 3.42. The van der Waals surface area contributed by atoms with E-state index < -0.39 is 11.9 Å². The van der Waals surface area contributed by atoms with Crippen LogP contribution in [0.3, 0.4) is 0 Å². The van der Waals surface area contributed by atoms with Crippen molar-refractivity contribution in [3.63, 3.8) is 0 Å². The maximum absolute atomic E-state index is 12.9. The van der Waals surface area contributed by atoms with Crippen LogP contribution in [0.2, 0.25) is 0 Å². The van der Waals surface area contributed by atoms with Gasteiger partial charge in [0.05, 0.1) is 0 Å². The van der Waals surface area contributed by atoms with Gasteiger partial charge in [0.1, 0.15) is 5.82 Å². The van der Waals surface area contributed by atoms with Crippen molar-refractivity contribution in [3.8, 4) is 0 Å². The summed E-state index contributed by atoms with van der Waals surface area (Å²) in [6.07, 6.45) is -2.60. The van der Waals surface area contributed by atoms with E-state index in [9.17, 15) is 13.2 Å². The molecule has 8 heteroatoms. The predicted octanol–water partition coefficient (Wildman–Crippen LogP) is 4.39. The number of nitrogens with one attached hydrogen (secondary N) is 2. The summed E-state index contributed by atoms with van der Waals surface area (Å²) in [7, 11) is 0. The molecule has 0 amide bonds. The number of rotatable bonds is 5. The van der Waals surface area contributed by atoms with E-state index in [1.165, 1.54) is 0 Å². The Morgan fingerprint density at radius 2 is 1.95 bits per heavy atom. The lowest BCUT2D eigenvalue weighted by Gasteiger charge is -2.12. The minimum absolute atomic E-state index is 0.0548. The Hall–Kier alpha value is -1.96. The number of alkyl halides is 3. The van der Waals surface area contributed by atoms with E-state index in [1.54, 1.807) is 24.8 Å². The molecule has 0 atom stereocenters. The minimum atomic E-state index is -4.52. The van der Waals surface area contributed by atoms with Crippen LogP contribution in [0.25, 0.3) is 0 Å². The average molecular weight is 328 g/mol. The molecule has 0 spiro atoms. The van der Waals surface area contributed by atoms with E-state index in [-0.39, 0.29) is 11.8 Å². The number of hydrogen-bond donors (Lipinski definition) is 2. The zero-order valence-electron chi connectivity index (χ0n) is 12.0. The molecule has 118 valence electrons. The van der Waals surface area contributed by atoms with Crippen LogP contribution in [-0.4, -0.2) is 22.8 Å². The Balaban J connectivity index is 2.34. The van der Waals surface area contributed by atoms with E-state index in [0.717, 1.165) is 11.0 Å². The van der Waals surface area contributed by atoms with E-state index in [4.69, 9.17) is 0 Å². The van der Waals surface area contributed by atoms with Crippen molar-refractivity contribution in [2.24, 2.45) is 0 Å². The summed E-state index contributed by atoms with van der Waals surface area (Å²) < 4.78 is 38.7. The van der Waals surface area contributed by atoms with Gasteiger partial charge in [-0.2, -0.15) is 18.2 Å². The fourth-order valence-electron chi connectivity index (χ4n) is 1.74. The van der Waals surface area contributed by atoms with Gasteiger partial charge in [0.15, 0.2) is 5.69 Å². The summed E-state index contributed by atoms with van der Waals surface area (Å²) in [5, 5.41) is 5.59. The lowest BCUT2D eigenvalue weighted by atomic mass is 10.3. The van der Waals surface area contributed by atoms with Gasteiger partial charge >= 0.3 is 6.18 Å². The van der Waals surface area contributed by atoms with Crippen LogP contribution in [0.4, 0.5) is 30.6 Å². The number of aromatic nitrogens is 2. The van der Waals surface area contributed by atoms with E-state index >= 15 is 0 Å². The molecule has 1 heterocycles. The summed E-state index contributed by atoms with van der Waals surface area (Å²) >= 11 is 1.55. The molecule has 2 aromatic rings. The molecule has 0 aliphatic heterocycles. The molecule has 1 aromatic heterocycles. The zero-order chi connectivity index (χ0) is 16.2. The molecule has 1 aromatic carbocycles. The molecule has 0 saturated heterocycles. The van der Waals surface area contributed by atoms with Crippen molar-refractivity contribution in [1.29, 1.82) is 0 Å². The van der Waals surface area contributed by atoms with Crippen LogP contribution < -0.4 is 10.6 Å². The standard InChI is InChI=1S/C14H15F3N4S/c1-3-18-13-20-11(14(15,16)17)8-12(21-13)19-9-5-4-6-10(7-9)22-2/h4-8H,3H2,1-2H3,(H2,18,19,20,21). The van der Waals surface area contributed by atoms with E-state index in [1.807, 2.05) is 24.5 Å². The van der Waals surface area contributed by atoms with Crippen molar-refractivity contribution in [2.45, 2.75) is 18.0 Å². The third-order valence-electron chi connectivity index (χ3n) is 2.69. The van der Waals surface area contributed by atoms with Crippen LogP contribution in [0, 0.1) is 0 Å². The molecular formula is C14H15F3N4S. The molecule has 0 radical (unpaired) electrons. The van der Waals surface area contributed by atoms with Gasteiger partial charge in [0, 0.05) is 23.2 Å². The highest BCUT2D eigenvalue weighted by atomic mass is 32.2. The zero-order valence-corrected chi connectivity index (χ0v) is 12.8. The Labute approximate surface area is 130 Å². The molecule has 0 aliphatic carbocycles. The van der Waals surface area contributed by atoms with Crippen molar-refractivity contribution in [1.82, 2.24) is 9.97 Å². The Kier molecular flexibility index (Phi) is 5.12. The van der Waals surface area contributed by atoms with Crippen molar-refractivity contribution in [2.75, 3.05) is 23.4 Å². The van der Waals surface area contributed by atoms with E-state index in [0.29, 0.717) is 12.2 Å². The second kappa shape index (κ2) is 6.87. The summed E-state index contributed by atoms with van der Waals surface area (Å²) in [5.74, 6) is 0.0392. The molecule has 2 N–H and O–H groups in total. The molecule has 0 bridgehead atoms. The number of halogens is 3. The van der Waals surface area contributed by atoms with Gasteiger partial charge in [-0.25, -0.2) is 4.98 Å². The number of thioether (sulfide) groups is 1. The summed E-state index contributed by atoms with van der Waals surface area (Å²) in [6.45, 7) is 2.20. The first-order valence-corrected chi connectivity index (χ1v) is 7.76. The molecule has 0 aliphatic rings. The summed E-state index contributed by atoms with van der Waals surface area (Å²) in [5.41, 5.74) is -0.317. The van der Waals surface area contributed by atoms with Crippen molar-refractivity contribution >= 4 is 29.2 Å². The quantitative estimate of drug-likeness (QED) is 0.797. The smallest absolute Gasteiger partial charge is 0.354 e. The Morgan fingerprint density at radius 1 is 1.18 bits per heavy atom. The van der Waals surface area contributed by atoms with Gasteiger partial charge in [-0.3, -0.25) is 0 Å². The highest BCUT2D eigenvalue weighted by molar-refractivity contribution is 7.98. The van der Waals surface area contributed by atoms with Crippen LogP contribution in [0.5, 0.6) is 0 Å². The fraction of sp³-hybridized carbons (Fsp3) is 0.286. The fourth-order valence-corrected chi connectivity index (χ4v) is 2.20. The van der Waals surface area contributed by atoms with Crippen LogP contribution in [-0.2, 0) is 6.18 Å². The number of anilines is 3. The largest absolute Gasteiger partial charge is 0.433 e. The second-order valence-corrected chi connectivity index (χ2v) is 5.23. The van der Waals surface area contributed by atoms with E-state index in [2.05, 4.69) is 20.6 Å². The first-order chi connectivity index (χ1) is 10.4. The molecule has 4 nitrogen and oxygen atoms in total. The number of hydrogen-bond acceptors (Lipinski definition) is 5. The molecule has 0 unspecified atom stereocenters. The summed E-state index contributed by atoms with van der Waals surface area (Å²) in [4.78, 5) is 8.53. The van der Waals surface area contributed by atoms with Crippen molar-refractivity contribution in [3.05, 3.63) is 36.0 Å². The van der Waals surface area contributed by atoms with Crippen LogP contribution >= 0.6 is 11.8 Å². The van der Waals surface area contributed by atoms with Gasteiger partial charge in [-0.1, -0.05) is 6.07 Å². The Bertz CT molecular complexity index is 646. The predicted molar refractivity (Wildman–Crippen MR) is 82.7 cm³/mol. The molecule has 22 heavy (non-hydrogen) atoms. The number of benzene rings is 1.